The van der Waals surface area contributed by atoms with E-state index in [0.717, 1.165) is 37.0 Å². The maximum absolute atomic E-state index is 6.14. The first-order valence-electron chi connectivity index (χ1n) is 9.75. The van der Waals surface area contributed by atoms with Gasteiger partial charge in [0.15, 0.2) is 5.82 Å². The number of nitrogens with zero attached hydrogens (tertiary/aromatic N) is 6. The number of aromatic nitrogens is 4. The molecule has 0 N–H and O–H groups in total. The minimum Gasteiger partial charge on any atom is -0.369 e. The molecule has 1 aliphatic heterocycles. The number of anilines is 1. The number of piperazine rings is 1. The van der Waals surface area contributed by atoms with Crippen molar-refractivity contribution in [2.24, 2.45) is 0 Å². The third-order valence-corrected chi connectivity index (χ3v) is 6.08. The van der Waals surface area contributed by atoms with Crippen molar-refractivity contribution in [2.45, 2.75) is 51.1 Å². The molecule has 140 valence electrons. The van der Waals surface area contributed by atoms with Gasteiger partial charge in [0, 0.05) is 36.9 Å². The molecule has 26 heavy (non-hydrogen) atoms. The molecular formula is C19H27ClN6. The molecular weight excluding hydrogens is 348 g/mol. The van der Waals surface area contributed by atoms with Crippen molar-refractivity contribution in [1.29, 1.82) is 0 Å². The Morgan fingerprint density at radius 2 is 1.85 bits per heavy atom. The molecule has 0 amide bonds. The van der Waals surface area contributed by atoms with E-state index in [0.29, 0.717) is 6.04 Å². The molecule has 1 aromatic carbocycles. The van der Waals surface area contributed by atoms with Gasteiger partial charge in [0.2, 0.25) is 0 Å². The van der Waals surface area contributed by atoms with Gasteiger partial charge in [-0.05, 0) is 48.4 Å². The minimum absolute atomic E-state index is 0.244. The van der Waals surface area contributed by atoms with Gasteiger partial charge in [0.25, 0.3) is 0 Å². The smallest absolute Gasteiger partial charge is 0.168 e. The Morgan fingerprint density at radius 1 is 1.08 bits per heavy atom. The van der Waals surface area contributed by atoms with E-state index < -0.39 is 0 Å². The first kappa shape index (κ1) is 17.7. The fourth-order valence-electron chi connectivity index (χ4n) is 4.26. The van der Waals surface area contributed by atoms with E-state index in [1.54, 1.807) is 0 Å². The molecule has 1 aromatic heterocycles. The van der Waals surface area contributed by atoms with Gasteiger partial charge in [-0.25, -0.2) is 4.68 Å². The van der Waals surface area contributed by atoms with Crippen LogP contribution in [0, 0.1) is 0 Å². The molecule has 7 heteroatoms. The summed E-state index contributed by atoms with van der Waals surface area (Å²) in [7, 11) is 0. The van der Waals surface area contributed by atoms with Gasteiger partial charge in [0.1, 0.15) is 0 Å². The summed E-state index contributed by atoms with van der Waals surface area (Å²) in [6.45, 7) is 6.24. The van der Waals surface area contributed by atoms with E-state index in [1.807, 2.05) is 18.2 Å². The zero-order valence-electron chi connectivity index (χ0n) is 15.4. The van der Waals surface area contributed by atoms with Crippen LogP contribution in [0.5, 0.6) is 0 Å². The summed E-state index contributed by atoms with van der Waals surface area (Å²) < 4.78 is 2.10. The Labute approximate surface area is 160 Å². The van der Waals surface area contributed by atoms with Crippen LogP contribution in [0.3, 0.4) is 0 Å². The Hall–Kier alpha value is -1.66. The standard InChI is InChI=1S/C19H27ClN6/c1-15(19-21-22-23-26(19)17-7-3-2-4-8-17)24-10-12-25(13-11-24)18-9-5-6-16(20)14-18/h5-6,9,14-15,17H,2-4,7-8,10-13H2,1H3. The van der Waals surface area contributed by atoms with Crippen molar-refractivity contribution < 1.29 is 0 Å². The van der Waals surface area contributed by atoms with Crippen LogP contribution in [-0.2, 0) is 0 Å². The number of tetrazole rings is 1. The van der Waals surface area contributed by atoms with E-state index in [2.05, 4.69) is 43.0 Å². The van der Waals surface area contributed by atoms with Crippen molar-refractivity contribution in [1.82, 2.24) is 25.1 Å². The molecule has 2 aromatic rings. The molecule has 2 fully saturated rings. The lowest BCUT2D eigenvalue weighted by atomic mass is 9.95. The summed E-state index contributed by atoms with van der Waals surface area (Å²) in [6.07, 6.45) is 6.32. The molecule has 4 rings (SSSR count). The third-order valence-electron chi connectivity index (χ3n) is 5.85. The van der Waals surface area contributed by atoms with Gasteiger partial charge in [0.05, 0.1) is 12.1 Å². The fourth-order valence-corrected chi connectivity index (χ4v) is 4.45. The van der Waals surface area contributed by atoms with Crippen LogP contribution in [0.25, 0.3) is 0 Å². The topological polar surface area (TPSA) is 50.1 Å². The summed E-state index contributed by atoms with van der Waals surface area (Å²) >= 11 is 6.14. The second-order valence-electron chi connectivity index (χ2n) is 7.45. The van der Waals surface area contributed by atoms with Gasteiger partial charge in [-0.15, -0.1) is 5.10 Å². The Kier molecular flexibility index (Phi) is 5.41. The predicted octanol–water partition coefficient (Wildman–Crippen LogP) is 3.71. The van der Waals surface area contributed by atoms with Gasteiger partial charge in [-0.2, -0.15) is 0 Å². The normalized spacial score (nSPS) is 21.1. The van der Waals surface area contributed by atoms with Crippen molar-refractivity contribution >= 4 is 17.3 Å². The van der Waals surface area contributed by atoms with Crippen LogP contribution in [0.2, 0.25) is 5.02 Å². The Balaban J connectivity index is 1.41. The highest BCUT2D eigenvalue weighted by atomic mass is 35.5. The summed E-state index contributed by atoms with van der Waals surface area (Å²) in [5.74, 6) is 1.02. The molecule has 1 atom stereocenters. The maximum atomic E-state index is 6.14. The van der Waals surface area contributed by atoms with Crippen LogP contribution < -0.4 is 4.90 Å². The molecule has 1 aliphatic carbocycles. The van der Waals surface area contributed by atoms with Crippen molar-refractivity contribution in [3.05, 3.63) is 35.1 Å². The van der Waals surface area contributed by atoms with Crippen LogP contribution in [0.4, 0.5) is 5.69 Å². The average molecular weight is 375 g/mol. The molecule has 2 aliphatic rings. The van der Waals surface area contributed by atoms with E-state index in [4.69, 9.17) is 11.6 Å². The lowest BCUT2D eigenvalue weighted by Crippen LogP contribution is -2.47. The highest BCUT2D eigenvalue weighted by Gasteiger charge is 2.28. The first-order chi connectivity index (χ1) is 12.7. The molecule has 0 radical (unpaired) electrons. The zero-order chi connectivity index (χ0) is 17.9. The lowest BCUT2D eigenvalue weighted by molar-refractivity contribution is 0.180. The first-order valence-corrected chi connectivity index (χ1v) is 10.1. The number of benzene rings is 1. The summed E-state index contributed by atoms with van der Waals surface area (Å²) in [5.41, 5.74) is 1.21. The lowest BCUT2D eigenvalue weighted by Gasteiger charge is -2.39. The van der Waals surface area contributed by atoms with E-state index in [-0.39, 0.29) is 6.04 Å². The predicted molar refractivity (Wildman–Crippen MR) is 104 cm³/mol. The quantitative estimate of drug-likeness (QED) is 0.816. The maximum Gasteiger partial charge on any atom is 0.168 e. The SMILES string of the molecule is CC(c1nnnn1C1CCCCC1)N1CCN(c2cccc(Cl)c2)CC1. The van der Waals surface area contributed by atoms with Crippen LogP contribution in [-0.4, -0.2) is 51.3 Å². The molecule has 2 heterocycles. The number of hydrogen-bond donors (Lipinski definition) is 0. The van der Waals surface area contributed by atoms with Crippen molar-refractivity contribution in [2.75, 3.05) is 31.1 Å². The van der Waals surface area contributed by atoms with Gasteiger partial charge < -0.3 is 4.90 Å². The van der Waals surface area contributed by atoms with Crippen molar-refractivity contribution in [3.8, 4) is 0 Å². The van der Waals surface area contributed by atoms with E-state index in [9.17, 15) is 0 Å². The number of halogens is 1. The molecule has 6 nitrogen and oxygen atoms in total. The summed E-state index contributed by atoms with van der Waals surface area (Å²) in [6, 6.07) is 8.84. The van der Waals surface area contributed by atoms with Crippen LogP contribution in [0.15, 0.2) is 24.3 Å². The summed E-state index contributed by atoms with van der Waals surface area (Å²) in [4.78, 5) is 4.89. The average Bonchev–Trinajstić information content (AvgIpc) is 3.18. The molecule has 1 saturated carbocycles. The highest BCUT2D eigenvalue weighted by Crippen LogP contribution is 2.31. The van der Waals surface area contributed by atoms with Crippen LogP contribution >= 0.6 is 11.6 Å². The number of hydrogen-bond acceptors (Lipinski definition) is 5. The monoisotopic (exact) mass is 374 g/mol. The summed E-state index contributed by atoms with van der Waals surface area (Å²) in [5, 5.41) is 13.5. The molecule has 1 saturated heterocycles. The van der Waals surface area contributed by atoms with Gasteiger partial charge >= 0.3 is 0 Å². The second-order valence-corrected chi connectivity index (χ2v) is 7.89. The van der Waals surface area contributed by atoms with Gasteiger partial charge in [-0.3, -0.25) is 4.90 Å². The Morgan fingerprint density at radius 3 is 2.58 bits per heavy atom. The number of rotatable bonds is 4. The molecule has 0 spiro atoms. The van der Waals surface area contributed by atoms with Crippen molar-refractivity contribution in [3.63, 3.8) is 0 Å². The van der Waals surface area contributed by atoms with Gasteiger partial charge in [-0.1, -0.05) is 36.9 Å². The fraction of sp³-hybridized carbons (Fsp3) is 0.632. The van der Waals surface area contributed by atoms with E-state index in [1.165, 1.54) is 37.8 Å². The third kappa shape index (κ3) is 3.71. The second kappa shape index (κ2) is 7.92. The Bertz CT molecular complexity index is 718. The molecule has 1 unspecified atom stereocenters. The zero-order valence-corrected chi connectivity index (χ0v) is 16.1. The highest BCUT2D eigenvalue weighted by molar-refractivity contribution is 6.30. The largest absolute Gasteiger partial charge is 0.369 e. The van der Waals surface area contributed by atoms with E-state index >= 15 is 0 Å². The molecule has 0 bridgehead atoms. The minimum atomic E-state index is 0.244. The van der Waals surface area contributed by atoms with Crippen LogP contribution in [0.1, 0.15) is 56.9 Å².